The number of carboxylic acids is 3. The number of aromatic hydroxyl groups is 1. The lowest BCUT2D eigenvalue weighted by atomic mass is 10.00. The summed E-state index contributed by atoms with van der Waals surface area (Å²) in [5, 5.41) is 45.1. The van der Waals surface area contributed by atoms with Crippen molar-refractivity contribution in [1.82, 2.24) is 0 Å². The Morgan fingerprint density at radius 1 is 0.861 bits per heavy atom. The van der Waals surface area contributed by atoms with Crippen LogP contribution in [0.3, 0.4) is 0 Å². The first-order valence-electron chi connectivity index (χ1n) is 10.1. The van der Waals surface area contributed by atoms with Crippen LogP contribution in [0.25, 0.3) is 0 Å². The van der Waals surface area contributed by atoms with Crippen molar-refractivity contribution in [1.29, 1.82) is 0 Å². The Labute approximate surface area is 204 Å². The topological polar surface area (TPSA) is 203 Å². The molecule has 186 valence electrons. The molecule has 0 aliphatic heterocycles. The van der Waals surface area contributed by atoms with Crippen LogP contribution in [0.4, 0.5) is 17.1 Å². The molecule has 3 aromatic carbocycles. The molecule has 0 aromatic heterocycles. The number of nitrogens with zero attached hydrogens (tertiary/aromatic N) is 2. The summed E-state index contributed by atoms with van der Waals surface area (Å²) in [5.74, 6) is -6.32. The highest BCUT2D eigenvalue weighted by Crippen LogP contribution is 2.31. The fraction of sp³-hybridized carbons (Fsp3) is 0.0870. The highest BCUT2D eigenvalue weighted by molar-refractivity contribution is 7.92. The van der Waals surface area contributed by atoms with Crippen molar-refractivity contribution in [3.63, 3.8) is 0 Å². The highest BCUT2D eigenvalue weighted by atomic mass is 32.2. The van der Waals surface area contributed by atoms with Crippen molar-refractivity contribution in [2.75, 3.05) is 4.72 Å². The number of hydrogen-bond donors (Lipinski definition) is 5. The number of azo groups is 1. The van der Waals surface area contributed by atoms with E-state index in [0.29, 0.717) is 5.56 Å². The van der Waals surface area contributed by atoms with Gasteiger partial charge in [-0.25, -0.2) is 13.2 Å². The summed E-state index contributed by atoms with van der Waals surface area (Å²) in [7, 11) is -4.21. The molecular weight excluding hydrogens is 494 g/mol. The third-order valence-corrected chi connectivity index (χ3v) is 6.28. The number of sulfonamides is 1. The number of benzene rings is 3. The maximum Gasteiger partial charge on any atom is 0.337 e. The van der Waals surface area contributed by atoms with E-state index in [9.17, 15) is 33.0 Å². The number of nitrogens with one attached hydrogen (secondary N) is 1. The van der Waals surface area contributed by atoms with Gasteiger partial charge in [0.05, 0.1) is 21.8 Å². The minimum absolute atomic E-state index is 0.0772. The van der Waals surface area contributed by atoms with Crippen molar-refractivity contribution >= 4 is 45.0 Å². The predicted octanol–water partition coefficient (Wildman–Crippen LogP) is 3.63. The van der Waals surface area contributed by atoms with Crippen molar-refractivity contribution < 1.29 is 43.2 Å². The molecule has 0 amide bonds. The predicted molar refractivity (Wildman–Crippen MR) is 125 cm³/mol. The van der Waals surface area contributed by atoms with E-state index >= 15 is 0 Å². The van der Waals surface area contributed by atoms with Gasteiger partial charge in [0.1, 0.15) is 11.4 Å². The Bertz CT molecular complexity index is 1440. The first-order valence-corrected chi connectivity index (χ1v) is 11.6. The Balaban J connectivity index is 1.81. The van der Waals surface area contributed by atoms with Crippen molar-refractivity contribution in [2.45, 2.75) is 11.3 Å². The molecule has 3 rings (SSSR count). The molecule has 0 spiro atoms. The molecule has 0 heterocycles. The zero-order chi connectivity index (χ0) is 26.5. The number of aliphatic carboxylic acids is 2. The van der Waals surface area contributed by atoms with Gasteiger partial charge in [-0.1, -0.05) is 24.3 Å². The maximum atomic E-state index is 12.8. The summed E-state index contributed by atoms with van der Waals surface area (Å²) in [6, 6.07) is 14.5. The van der Waals surface area contributed by atoms with Gasteiger partial charge in [0.25, 0.3) is 10.0 Å². The Hall–Kier alpha value is -4.78. The van der Waals surface area contributed by atoms with Crippen LogP contribution >= 0.6 is 0 Å². The van der Waals surface area contributed by atoms with Gasteiger partial charge < -0.3 is 20.4 Å². The number of aromatic carboxylic acids is 1. The van der Waals surface area contributed by atoms with E-state index in [4.69, 9.17) is 10.2 Å². The summed E-state index contributed by atoms with van der Waals surface area (Å²) in [6.07, 6.45) is -0.336. The van der Waals surface area contributed by atoms with E-state index in [0.717, 1.165) is 0 Å². The van der Waals surface area contributed by atoms with Gasteiger partial charge in [-0.2, -0.15) is 5.11 Å². The molecule has 0 atom stereocenters. The smallest absolute Gasteiger partial charge is 0.337 e. The number of hydrogen-bond acceptors (Lipinski definition) is 8. The fourth-order valence-electron chi connectivity index (χ4n) is 3.05. The Kier molecular flexibility index (Phi) is 7.64. The molecule has 0 aliphatic rings. The lowest BCUT2D eigenvalue weighted by Crippen LogP contribution is -2.25. The van der Waals surface area contributed by atoms with Crippen LogP contribution in [-0.2, 0) is 26.0 Å². The molecule has 0 unspecified atom stereocenters. The van der Waals surface area contributed by atoms with Gasteiger partial charge in [-0.05, 0) is 54.4 Å². The molecule has 0 fully saturated rings. The van der Waals surface area contributed by atoms with Crippen molar-refractivity contribution in [3.05, 3.63) is 77.9 Å². The second kappa shape index (κ2) is 10.7. The molecule has 13 heteroatoms. The molecule has 0 saturated heterocycles. The number of phenols is 1. The third-order valence-electron chi connectivity index (χ3n) is 4.90. The monoisotopic (exact) mass is 513 g/mol. The zero-order valence-corrected chi connectivity index (χ0v) is 19.1. The van der Waals surface area contributed by atoms with Crippen molar-refractivity contribution in [2.24, 2.45) is 16.1 Å². The van der Waals surface area contributed by atoms with Gasteiger partial charge in [0.15, 0.2) is 5.92 Å². The minimum Gasteiger partial charge on any atom is -0.506 e. The van der Waals surface area contributed by atoms with Crippen LogP contribution in [0, 0.1) is 5.92 Å². The number of phenolic OH excluding ortho intramolecular Hbond substituents is 1. The lowest BCUT2D eigenvalue weighted by Gasteiger charge is -2.11. The minimum atomic E-state index is -4.21. The second-order valence-corrected chi connectivity index (χ2v) is 9.09. The largest absolute Gasteiger partial charge is 0.506 e. The average molecular weight is 513 g/mol. The Morgan fingerprint density at radius 3 is 2.11 bits per heavy atom. The van der Waals surface area contributed by atoms with Gasteiger partial charge >= 0.3 is 17.9 Å². The van der Waals surface area contributed by atoms with E-state index in [2.05, 4.69) is 15.0 Å². The van der Waals surface area contributed by atoms with E-state index in [1.165, 1.54) is 60.7 Å². The molecule has 5 N–H and O–H groups in total. The van der Waals surface area contributed by atoms with E-state index < -0.39 is 39.6 Å². The van der Waals surface area contributed by atoms with Crippen LogP contribution in [0.5, 0.6) is 5.75 Å². The number of anilines is 1. The van der Waals surface area contributed by atoms with Crippen LogP contribution < -0.4 is 4.72 Å². The van der Waals surface area contributed by atoms with E-state index in [-0.39, 0.29) is 33.9 Å². The fourth-order valence-corrected chi connectivity index (χ4v) is 4.11. The molecule has 0 saturated carbocycles. The molecular formula is C23H19N3O9S. The third kappa shape index (κ3) is 6.21. The molecule has 0 radical (unpaired) electrons. The number of carboxylic acid groups (broad SMARTS) is 3. The number of rotatable bonds is 10. The Morgan fingerprint density at radius 2 is 1.50 bits per heavy atom. The standard InChI is InChI=1S/C23H19N3O9S/c27-20-10-7-14(24-25-18-4-2-1-3-16(18)21(28)29)12-19(20)26-36(34,35)15-8-5-13(6-9-15)11-17(22(30)31)23(32)33/h1-10,12,17,26-27H,11H2,(H,28,29)(H,30,31)(H,32,33). The highest BCUT2D eigenvalue weighted by Gasteiger charge is 2.26. The first kappa shape index (κ1) is 25.8. The van der Waals surface area contributed by atoms with Gasteiger partial charge in [0, 0.05) is 0 Å². The summed E-state index contributed by atoms with van der Waals surface area (Å²) < 4.78 is 27.8. The van der Waals surface area contributed by atoms with Crippen LogP contribution in [0.1, 0.15) is 15.9 Å². The van der Waals surface area contributed by atoms with Gasteiger partial charge in [0.2, 0.25) is 0 Å². The van der Waals surface area contributed by atoms with Gasteiger partial charge in [-0.15, -0.1) is 5.11 Å². The van der Waals surface area contributed by atoms with Crippen LogP contribution in [0.15, 0.2) is 81.9 Å². The zero-order valence-electron chi connectivity index (χ0n) is 18.3. The van der Waals surface area contributed by atoms with Gasteiger partial charge in [-0.3, -0.25) is 14.3 Å². The summed E-state index contributed by atoms with van der Waals surface area (Å²) in [6.45, 7) is 0. The first-order chi connectivity index (χ1) is 17.0. The normalized spacial score (nSPS) is 11.5. The summed E-state index contributed by atoms with van der Waals surface area (Å²) >= 11 is 0. The lowest BCUT2D eigenvalue weighted by molar-refractivity contribution is -0.154. The maximum absolute atomic E-state index is 12.8. The summed E-state index contributed by atoms with van der Waals surface area (Å²) in [5.41, 5.74) is 0.194. The SMILES string of the molecule is O=C(O)c1ccccc1N=Nc1ccc(O)c(NS(=O)(=O)c2ccc(CC(C(=O)O)C(=O)O)cc2)c1. The van der Waals surface area contributed by atoms with E-state index in [1.807, 2.05) is 0 Å². The van der Waals surface area contributed by atoms with Crippen LogP contribution in [-0.4, -0.2) is 46.8 Å². The number of carbonyl (C=O) groups is 3. The molecule has 0 bridgehead atoms. The molecule has 3 aromatic rings. The molecule has 0 aliphatic carbocycles. The average Bonchev–Trinajstić information content (AvgIpc) is 2.83. The molecule has 36 heavy (non-hydrogen) atoms. The van der Waals surface area contributed by atoms with Crippen LogP contribution in [0.2, 0.25) is 0 Å². The van der Waals surface area contributed by atoms with E-state index in [1.54, 1.807) is 6.07 Å². The molecule has 12 nitrogen and oxygen atoms in total. The summed E-state index contributed by atoms with van der Waals surface area (Å²) in [4.78, 5) is 33.2. The van der Waals surface area contributed by atoms with Crippen molar-refractivity contribution in [3.8, 4) is 5.75 Å². The quantitative estimate of drug-likeness (QED) is 0.152. The second-order valence-electron chi connectivity index (χ2n) is 7.41.